The Morgan fingerprint density at radius 1 is 0.417 bits per heavy atom. The number of hydrogen-bond acceptors (Lipinski definition) is 2. The predicted molar refractivity (Wildman–Crippen MR) is 253 cm³/mol. The summed E-state index contributed by atoms with van der Waals surface area (Å²) in [7, 11) is -2.77. The van der Waals surface area contributed by atoms with Crippen LogP contribution in [0.5, 0.6) is 0 Å². The zero-order valence-electron chi connectivity index (χ0n) is 33.6. The van der Waals surface area contributed by atoms with Crippen molar-refractivity contribution in [2.75, 3.05) is 4.90 Å². The lowest BCUT2D eigenvalue weighted by molar-refractivity contribution is 0.669. The molecule has 9 aromatic carbocycles. The van der Waals surface area contributed by atoms with Crippen LogP contribution in [0.25, 0.3) is 44.2 Å². The Morgan fingerprint density at radius 3 is 1.77 bits per heavy atom. The van der Waals surface area contributed by atoms with E-state index in [1.165, 1.54) is 65.3 Å². The van der Waals surface area contributed by atoms with Crippen molar-refractivity contribution in [2.45, 2.75) is 19.3 Å². The molecule has 0 amide bonds. The van der Waals surface area contributed by atoms with Gasteiger partial charge >= 0.3 is 0 Å². The first-order valence-electron chi connectivity index (χ1n) is 20.9. The first-order valence-corrected chi connectivity index (χ1v) is 22.9. The highest BCUT2D eigenvalue weighted by atomic mass is 28.3. The highest BCUT2D eigenvalue weighted by Crippen LogP contribution is 2.54. The Balaban J connectivity index is 1.13. The third-order valence-electron chi connectivity index (χ3n) is 13.4. The average molecular weight is 784 g/mol. The molecule has 0 radical (unpaired) electrons. The van der Waals surface area contributed by atoms with E-state index < -0.39 is 8.07 Å². The lowest BCUT2D eigenvalue weighted by Crippen LogP contribution is -2.72. The van der Waals surface area contributed by atoms with Crippen molar-refractivity contribution >= 4 is 67.8 Å². The molecule has 12 rings (SSSR count). The SMILES string of the molecule is Cc1cc(N(c2ccc3c(c2)C(C)(c2ccccc2)c2ccccc2-3)c2ccc3c(c2)oc2ccccc23)cc([Si]2(c3ccccc3)c3ccccc3-c3ccccc32)c1. The van der Waals surface area contributed by atoms with Gasteiger partial charge in [-0.3, -0.25) is 0 Å². The maximum absolute atomic E-state index is 6.58. The molecule has 1 aromatic heterocycles. The molecule has 10 aromatic rings. The van der Waals surface area contributed by atoms with Crippen molar-refractivity contribution in [3.8, 4) is 22.3 Å². The van der Waals surface area contributed by atoms with E-state index in [-0.39, 0.29) is 5.41 Å². The molecule has 3 heteroatoms. The van der Waals surface area contributed by atoms with E-state index in [0.717, 1.165) is 39.0 Å². The van der Waals surface area contributed by atoms with Crippen LogP contribution in [0.15, 0.2) is 217 Å². The molecule has 1 aliphatic heterocycles. The van der Waals surface area contributed by atoms with Crippen molar-refractivity contribution < 1.29 is 4.42 Å². The van der Waals surface area contributed by atoms with Gasteiger partial charge in [-0.1, -0.05) is 164 Å². The second-order valence-electron chi connectivity index (χ2n) is 16.6. The van der Waals surface area contributed by atoms with Crippen LogP contribution in [0.1, 0.15) is 29.2 Å². The second kappa shape index (κ2) is 13.2. The Hall–Kier alpha value is -7.20. The normalized spacial score (nSPS) is 15.7. The van der Waals surface area contributed by atoms with Crippen LogP contribution in [0, 0.1) is 6.92 Å². The Morgan fingerprint density at radius 2 is 1.00 bits per heavy atom. The molecule has 1 unspecified atom stereocenters. The molecule has 284 valence electrons. The van der Waals surface area contributed by atoms with Gasteiger partial charge in [0.05, 0.1) is 0 Å². The molecule has 1 aliphatic carbocycles. The zero-order chi connectivity index (χ0) is 40.0. The summed E-state index contributed by atoms with van der Waals surface area (Å²) in [5.41, 5.74) is 15.2. The largest absolute Gasteiger partial charge is 0.456 e. The summed E-state index contributed by atoms with van der Waals surface area (Å²) in [6.45, 7) is 4.66. The first kappa shape index (κ1) is 34.8. The number of aryl methyl sites for hydroxylation is 1. The number of para-hydroxylation sites is 1. The lowest BCUT2D eigenvalue weighted by atomic mass is 9.74. The summed E-state index contributed by atoms with van der Waals surface area (Å²) < 4.78 is 6.58. The topological polar surface area (TPSA) is 16.4 Å². The number of rotatable bonds is 6. The molecular weight excluding hydrogens is 743 g/mol. The van der Waals surface area contributed by atoms with Crippen LogP contribution in [0.3, 0.4) is 0 Å². The van der Waals surface area contributed by atoms with Crippen LogP contribution in [0.4, 0.5) is 17.1 Å². The van der Waals surface area contributed by atoms with Gasteiger partial charge < -0.3 is 9.32 Å². The van der Waals surface area contributed by atoms with E-state index in [1.54, 1.807) is 0 Å². The fourth-order valence-corrected chi connectivity index (χ4v) is 16.1. The first-order chi connectivity index (χ1) is 29.5. The van der Waals surface area contributed by atoms with Crippen molar-refractivity contribution in [3.63, 3.8) is 0 Å². The second-order valence-corrected chi connectivity index (χ2v) is 20.4. The average Bonchev–Trinajstić information content (AvgIpc) is 3.91. The maximum Gasteiger partial charge on any atom is 0.180 e. The molecule has 0 saturated heterocycles. The van der Waals surface area contributed by atoms with Crippen molar-refractivity contribution in [3.05, 3.63) is 235 Å². The molecule has 0 spiro atoms. The molecule has 60 heavy (non-hydrogen) atoms. The summed E-state index contributed by atoms with van der Waals surface area (Å²) in [4.78, 5) is 2.47. The van der Waals surface area contributed by atoms with E-state index in [9.17, 15) is 0 Å². The van der Waals surface area contributed by atoms with Gasteiger partial charge in [0.2, 0.25) is 0 Å². The number of furan rings is 1. The van der Waals surface area contributed by atoms with Crippen LogP contribution in [-0.2, 0) is 5.41 Å². The molecule has 0 bridgehead atoms. The lowest BCUT2D eigenvalue weighted by Gasteiger charge is -2.34. The zero-order valence-corrected chi connectivity index (χ0v) is 34.6. The fourth-order valence-electron chi connectivity index (χ4n) is 10.8. The number of anilines is 3. The number of nitrogens with zero attached hydrogens (tertiary/aromatic N) is 1. The van der Waals surface area contributed by atoms with Gasteiger partial charge in [-0.25, -0.2) is 0 Å². The van der Waals surface area contributed by atoms with Crippen LogP contribution in [-0.4, -0.2) is 8.07 Å². The summed E-state index contributed by atoms with van der Waals surface area (Å²) in [6.07, 6.45) is 0. The minimum absolute atomic E-state index is 0.336. The Labute approximate surface area is 351 Å². The van der Waals surface area contributed by atoms with Crippen LogP contribution in [0.2, 0.25) is 0 Å². The van der Waals surface area contributed by atoms with E-state index in [0.29, 0.717) is 0 Å². The molecule has 0 fully saturated rings. The van der Waals surface area contributed by atoms with E-state index >= 15 is 0 Å². The smallest absolute Gasteiger partial charge is 0.180 e. The molecule has 2 nitrogen and oxygen atoms in total. The number of fused-ring (bicyclic) bond motifs is 9. The minimum Gasteiger partial charge on any atom is -0.456 e. The van der Waals surface area contributed by atoms with E-state index in [1.807, 2.05) is 6.07 Å². The molecule has 2 heterocycles. The highest BCUT2D eigenvalue weighted by molar-refractivity contribution is 7.22. The van der Waals surface area contributed by atoms with E-state index in [2.05, 4.69) is 225 Å². The number of hydrogen-bond donors (Lipinski definition) is 0. The third-order valence-corrected chi connectivity index (χ3v) is 18.3. The quantitative estimate of drug-likeness (QED) is 0.156. The van der Waals surface area contributed by atoms with Crippen LogP contribution < -0.4 is 25.6 Å². The standard InChI is InChI=1S/C57H41NOSi/c1-38-33-42(35-44(34-38)60(43-19-7-4-8-20-43)55-27-15-11-23-49(55)50-24-12-16-28-56(50)60)58(41-30-32-48-47-22-10-14-26-53(47)59-54(48)37-41)40-29-31-46-45-21-9-13-25-51(45)57(2,52(46)36-40)39-17-5-3-6-18-39/h3-37H,1-2H3. The molecule has 0 N–H and O–H groups in total. The van der Waals surface area contributed by atoms with Crippen molar-refractivity contribution in [1.82, 2.24) is 0 Å². The number of benzene rings is 9. The summed E-state index contributed by atoms with van der Waals surface area (Å²) >= 11 is 0. The molecule has 0 saturated carbocycles. The maximum atomic E-state index is 6.58. The highest BCUT2D eigenvalue weighted by Gasteiger charge is 2.49. The fraction of sp³-hybridized carbons (Fsp3) is 0.0526. The van der Waals surface area contributed by atoms with Crippen molar-refractivity contribution in [2.24, 2.45) is 0 Å². The van der Waals surface area contributed by atoms with Gasteiger partial charge in [-0.2, -0.15) is 0 Å². The van der Waals surface area contributed by atoms with Gasteiger partial charge in [0.25, 0.3) is 0 Å². The predicted octanol–water partition coefficient (Wildman–Crippen LogP) is 12.1. The van der Waals surface area contributed by atoms with E-state index in [4.69, 9.17) is 4.42 Å². The van der Waals surface area contributed by atoms with Gasteiger partial charge in [-0.05, 0) is 122 Å². The molecule has 2 aliphatic rings. The monoisotopic (exact) mass is 783 g/mol. The summed E-state index contributed by atoms with van der Waals surface area (Å²) in [5, 5.41) is 7.90. The van der Waals surface area contributed by atoms with Gasteiger partial charge in [0.1, 0.15) is 11.2 Å². The minimum atomic E-state index is -2.77. The summed E-state index contributed by atoms with van der Waals surface area (Å²) in [6, 6.07) is 79.1. The van der Waals surface area contributed by atoms with Gasteiger partial charge in [-0.15, -0.1) is 0 Å². The van der Waals surface area contributed by atoms with Gasteiger partial charge in [0.15, 0.2) is 8.07 Å². The Kier molecular flexibility index (Phi) is 7.63. The Bertz CT molecular complexity index is 3270. The molecular formula is C57H41NOSi. The third kappa shape index (κ3) is 4.87. The molecule has 1 atom stereocenters. The van der Waals surface area contributed by atoms with Crippen LogP contribution >= 0.6 is 0 Å². The summed E-state index contributed by atoms with van der Waals surface area (Å²) in [5.74, 6) is 0. The van der Waals surface area contributed by atoms with Gasteiger partial charge in [0, 0.05) is 39.3 Å². The van der Waals surface area contributed by atoms with Crippen molar-refractivity contribution in [1.29, 1.82) is 0 Å².